The lowest BCUT2D eigenvalue weighted by Gasteiger charge is -2.72. The van der Waals surface area contributed by atoms with E-state index in [-0.39, 0.29) is 57.5 Å². The highest BCUT2D eigenvalue weighted by Crippen LogP contribution is 2.76. The molecule has 8 rings (SSSR count). The summed E-state index contributed by atoms with van der Waals surface area (Å²) in [5.74, 6) is -1.16. The second-order valence-electron chi connectivity index (χ2n) is 23.6. The van der Waals surface area contributed by atoms with Crippen LogP contribution in [-0.4, -0.2) is 180 Å². The second kappa shape index (κ2) is 17.7. The monoisotopic (exact) mass is 943 g/mol. The van der Waals surface area contributed by atoms with Crippen LogP contribution in [0.25, 0.3) is 0 Å². The van der Waals surface area contributed by atoms with Crippen molar-refractivity contribution in [1.82, 2.24) is 0 Å². The number of hydrogen-bond acceptors (Lipinski definition) is 17. The van der Waals surface area contributed by atoms with Gasteiger partial charge < -0.3 is 84.6 Å². The number of allylic oxidation sites excluding steroid dienone is 2. The second-order valence-corrected chi connectivity index (χ2v) is 23.6. The summed E-state index contributed by atoms with van der Waals surface area (Å²) in [6, 6.07) is 0. The molecule has 0 radical (unpaired) electrons. The minimum Gasteiger partial charge on any atom is -0.479 e. The number of rotatable bonds is 9. The summed E-state index contributed by atoms with van der Waals surface area (Å²) in [4.78, 5) is 12.5. The molecule has 3 aliphatic heterocycles. The quantitative estimate of drug-likeness (QED) is 0.112. The average molecular weight is 943 g/mol. The third-order valence-corrected chi connectivity index (χ3v) is 19.5. The Morgan fingerprint density at radius 1 is 0.667 bits per heavy atom. The Hall–Kier alpha value is -1.43. The van der Waals surface area contributed by atoms with Crippen molar-refractivity contribution in [2.24, 2.45) is 50.2 Å². The topological polar surface area (TPSA) is 295 Å². The Kier molecular flexibility index (Phi) is 13.7. The van der Waals surface area contributed by atoms with Crippen LogP contribution in [-0.2, 0) is 33.2 Å². The summed E-state index contributed by atoms with van der Waals surface area (Å²) >= 11 is 0. The lowest BCUT2D eigenvalue weighted by atomic mass is 9.33. The third kappa shape index (κ3) is 7.78. The molecule has 0 spiro atoms. The first-order valence-electron chi connectivity index (χ1n) is 24.3. The van der Waals surface area contributed by atoms with Crippen molar-refractivity contribution >= 4 is 5.97 Å². The summed E-state index contributed by atoms with van der Waals surface area (Å²) in [7, 11) is 0. The molecule has 7 fully saturated rings. The first-order valence-corrected chi connectivity index (χ1v) is 24.3. The number of aliphatic hydroxyl groups excluding tert-OH is 10. The van der Waals surface area contributed by atoms with Gasteiger partial charge in [-0.15, -0.1) is 0 Å². The van der Waals surface area contributed by atoms with Crippen LogP contribution >= 0.6 is 0 Å². The summed E-state index contributed by atoms with van der Waals surface area (Å²) < 4.78 is 36.2. The molecule has 3 saturated heterocycles. The van der Waals surface area contributed by atoms with Gasteiger partial charge in [0.05, 0.1) is 31.5 Å². The Morgan fingerprint density at radius 2 is 1.30 bits per heavy atom. The van der Waals surface area contributed by atoms with Crippen LogP contribution in [0, 0.1) is 50.2 Å². The van der Waals surface area contributed by atoms with Crippen molar-refractivity contribution < 1.29 is 89.4 Å². The maximum absolute atomic E-state index is 12.5. The van der Waals surface area contributed by atoms with E-state index in [1.54, 1.807) is 0 Å². The highest BCUT2D eigenvalue weighted by atomic mass is 16.8. The number of carboxylic acid groups (broad SMARTS) is 1. The van der Waals surface area contributed by atoms with E-state index in [9.17, 15) is 61.0 Å². The van der Waals surface area contributed by atoms with Gasteiger partial charge in [-0.2, -0.15) is 0 Å². The molecule has 18 heteroatoms. The van der Waals surface area contributed by atoms with Crippen LogP contribution in [0.2, 0.25) is 0 Å². The highest BCUT2D eigenvalue weighted by Gasteiger charge is 2.70. The SMILES string of the molecule is CC1OC(OC2C(OC3C(O[C@H]4CC[C@@]5(C)C(CC[C@]6(C)C5CC=C5[C@@H]7CC(C)(C)C[C@@H](O)[C@]7(C)CC[C@]56C)[C@@]4(C)CO)OC(C(=O)O)C(O)C3O)OC(CO)C(O)C2O)C(O)C(O)C1O. The van der Waals surface area contributed by atoms with E-state index in [4.69, 9.17) is 28.4 Å². The Bertz CT molecular complexity index is 1820. The Morgan fingerprint density at radius 3 is 1.94 bits per heavy atom. The van der Waals surface area contributed by atoms with Gasteiger partial charge in [-0.25, -0.2) is 4.79 Å². The number of ether oxygens (including phenoxy) is 6. The van der Waals surface area contributed by atoms with Gasteiger partial charge in [-0.05, 0) is 104 Å². The van der Waals surface area contributed by atoms with Crippen LogP contribution in [0.3, 0.4) is 0 Å². The van der Waals surface area contributed by atoms with E-state index in [1.807, 2.05) is 6.92 Å². The highest BCUT2D eigenvalue weighted by molar-refractivity contribution is 5.73. The number of carboxylic acids is 1. The molecule has 18 nitrogen and oxygen atoms in total. The van der Waals surface area contributed by atoms with Gasteiger partial charge in [-0.1, -0.05) is 60.1 Å². The Balaban J connectivity index is 1.08. The minimum atomic E-state index is -2.07. The van der Waals surface area contributed by atoms with Crippen molar-refractivity contribution in [2.45, 2.75) is 218 Å². The van der Waals surface area contributed by atoms with E-state index in [1.165, 1.54) is 12.5 Å². The normalized spacial score (nSPS) is 55.9. The molecule has 3 heterocycles. The number of hydrogen-bond donors (Lipinski definition) is 11. The smallest absolute Gasteiger partial charge is 0.335 e. The lowest BCUT2D eigenvalue weighted by Crippen LogP contribution is -2.68. The lowest BCUT2D eigenvalue weighted by molar-refractivity contribution is -0.396. The maximum Gasteiger partial charge on any atom is 0.335 e. The molecule has 0 amide bonds. The zero-order chi connectivity index (χ0) is 48.4. The fraction of sp³-hybridized carbons (Fsp3) is 0.938. The summed E-state index contributed by atoms with van der Waals surface area (Å²) in [6.45, 7) is 16.3. The molecule has 0 aromatic carbocycles. The number of carbonyl (C=O) groups is 1. The first-order chi connectivity index (χ1) is 30.7. The van der Waals surface area contributed by atoms with Gasteiger partial charge >= 0.3 is 5.97 Å². The molecule has 0 bridgehead atoms. The Labute approximate surface area is 387 Å². The molecule has 66 heavy (non-hydrogen) atoms. The van der Waals surface area contributed by atoms with Gasteiger partial charge in [0, 0.05) is 10.8 Å². The molecule has 0 aromatic heterocycles. The molecular formula is C48H78O18. The van der Waals surface area contributed by atoms with Gasteiger partial charge in [0.2, 0.25) is 0 Å². The van der Waals surface area contributed by atoms with Crippen LogP contribution in [0.1, 0.15) is 113 Å². The van der Waals surface area contributed by atoms with Crippen molar-refractivity contribution in [1.29, 1.82) is 0 Å². The van der Waals surface area contributed by atoms with Crippen molar-refractivity contribution in [3.63, 3.8) is 0 Å². The number of fused-ring (bicyclic) bond motifs is 7. The fourth-order valence-electron chi connectivity index (χ4n) is 15.1. The summed E-state index contributed by atoms with van der Waals surface area (Å²) in [6.07, 6.45) is -17.6. The standard InChI is InChI=1S/C48H78O18/c1-21-29(52)31(54)35(58)40(61-21)65-37-32(55)30(53)24(19-49)62-41(37)66-38-34(57)33(56)36(39(59)60)64-42(38)63-28-12-13-45(5)25(46(28,6)20-50)11-14-48(8)26(45)10-9-22-23-17-43(2,3)18-27(51)44(23,4)15-16-47(22,48)7/h9,21,23-38,40-42,49-58H,10-20H2,1-8H3,(H,59,60)/t21?,23-,24?,25?,26?,27+,28-,29?,30?,31?,32?,33?,34?,35?,36?,37?,38?,40?,41?,42?,44+,45-,46+,47+,48+/m0/s1. The van der Waals surface area contributed by atoms with E-state index < -0.39 is 116 Å². The fourth-order valence-corrected chi connectivity index (χ4v) is 15.1. The number of aliphatic carboxylic acids is 1. The van der Waals surface area contributed by atoms with Crippen LogP contribution in [0.4, 0.5) is 0 Å². The van der Waals surface area contributed by atoms with Crippen LogP contribution < -0.4 is 0 Å². The zero-order valence-corrected chi connectivity index (χ0v) is 39.7. The van der Waals surface area contributed by atoms with E-state index in [0.717, 1.165) is 44.9 Å². The third-order valence-electron chi connectivity index (χ3n) is 19.5. The molecule has 8 aliphatic rings. The average Bonchev–Trinajstić information content (AvgIpc) is 3.25. The largest absolute Gasteiger partial charge is 0.479 e. The van der Waals surface area contributed by atoms with E-state index >= 15 is 0 Å². The van der Waals surface area contributed by atoms with Crippen molar-refractivity contribution in [2.75, 3.05) is 13.2 Å². The molecule has 11 N–H and O–H groups in total. The first kappa shape index (κ1) is 50.9. The molecule has 378 valence electrons. The molecule has 0 aromatic rings. The van der Waals surface area contributed by atoms with Crippen molar-refractivity contribution in [3.8, 4) is 0 Å². The predicted molar refractivity (Wildman–Crippen MR) is 231 cm³/mol. The van der Waals surface area contributed by atoms with Crippen LogP contribution in [0.5, 0.6) is 0 Å². The molecule has 5 aliphatic carbocycles. The predicted octanol–water partition coefficient (Wildman–Crippen LogP) is 0.705. The van der Waals surface area contributed by atoms with Crippen molar-refractivity contribution in [3.05, 3.63) is 11.6 Å². The van der Waals surface area contributed by atoms with Gasteiger partial charge in [-0.3, -0.25) is 0 Å². The zero-order valence-electron chi connectivity index (χ0n) is 39.7. The molecule has 17 unspecified atom stereocenters. The number of aliphatic hydroxyl groups is 10. The van der Waals surface area contributed by atoms with Gasteiger partial charge in [0.15, 0.2) is 25.0 Å². The molecule has 25 atom stereocenters. The summed E-state index contributed by atoms with van der Waals surface area (Å²) in [5.41, 5.74) is -0.0545. The maximum atomic E-state index is 12.5. The van der Waals surface area contributed by atoms with Crippen LogP contribution in [0.15, 0.2) is 11.6 Å². The summed E-state index contributed by atoms with van der Waals surface area (Å²) in [5, 5.41) is 120. The van der Waals surface area contributed by atoms with Gasteiger partial charge in [0.1, 0.15) is 61.0 Å². The van der Waals surface area contributed by atoms with E-state index in [0.29, 0.717) is 12.8 Å². The molecular weight excluding hydrogens is 865 g/mol. The van der Waals surface area contributed by atoms with E-state index in [2.05, 4.69) is 47.6 Å². The minimum absolute atomic E-state index is 0.0166. The van der Waals surface area contributed by atoms with Gasteiger partial charge in [0.25, 0.3) is 0 Å². The molecule has 4 saturated carbocycles.